The van der Waals surface area contributed by atoms with Gasteiger partial charge in [-0.05, 0) is 50.8 Å². The van der Waals surface area contributed by atoms with E-state index in [-0.39, 0.29) is 18.5 Å². The van der Waals surface area contributed by atoms with Gasteiger partial charge in [0.05, 0.1) is 6.54 Å². The molecule has 1 amide bonds. The zero-order valence-corrected chi connectivity index (χ0v) is 15.5. The lowest BCUT2D eigenvalue weighted by Gasteiger charge is -2.16. The Balaban J connectivity index is 2.50. The molecule has 1 aromatic heterocycles. The zero-order chi connectivity index (χ0) is 18.7. The summed E-state index contributed by atoms with van der Waals surface area (Å²) in [7, 11) is 0. The summed E-state index contributed by atoms with van der Waals surface area (Å²) in [5.74, 6) is -1.36. The molecule has 1 N–H and O–H groups in total. The predicted molar refractivity (Wildman–Crippen MR) is 96.0 cm³/mol. The van der Waals surface area contributed by atoms with Gasteiger partial charge >= 0.3 is 0 Å². The third-order valence-corrected chi connectivity index (χ3v) is 4.82. The van der Waals surface area contributed by atoms with Gasteiger partial charge < -0.3 is 9.88 Å². The summed E-state index contributed by atoms with van der Waals surface area (Å²) in [6.07, 6.45) is 1.62. The summed E-state index contributed by atoms with van der Waals surface area (Å²) >= 11 is 0. The first kappa shape index (κ1) is 19.2. The number of rotatable bonds is 6. The first-order valence-corrected chi connectivity index (χ1v) is 8.73. The number of benzene rings is 1. The minimum absolute atomic E-state index is 0.0585. The van der Waals surface area contributed by atoms with Crippen molar-refractivity contribution in [3.63, 3.8) is 0 Å². The van der Waals surface area contributed by atoms with Crippen molar-refractivity contribution >= 4 is 5.91 Å². The molecule has 136 valence electrons. The monoisotopic (exact) mass is 348 g/mol. The molecule has 0 aliphatic rings. The maximum absolute atomic E-state index is 14.1. The topological polar surface area (TPSA) is 34.0 Å². The van der Waals surface area contributed by atoms with E-state index < -0.39 is 11.6 Å². The summed E-state index contributed by atoms with van der Waals surface area (Å²) in [6.45, 7) is 10.1. The van der Waals surface area contributed by atoms with E-state index >= 15 is 0 Å². The normalized spacial score (nSPS) is 12.3. The molecule has 0 bridgehead atoms. The highest BCUT2D eigenvalue weighted by molar-refractivity contribution is 5.95. The summed E-state index contributed by atoms with van der Waals surface area (Å²) in [6, 6.07) is 3.61. The molecule has 0 radical (unpaired) electrons. The Morgan fingerprint density at radius 3 is 2.48 bits per heavy atom. The van der Waals surface area contributed by atoms with Crippen LogP contribution in [0.2, 0.25) is 0 Å². The number of hydrogen-bond acceptors (Lipinski definition) is 1. The van der Waals surface area contributed by atoms with Crippen molar-refractivity contribution in [2.45, 2.75) is 60.0 Å². The summed E-state index contributed by atoms with van der Waals surface area (Å²) < 4.78 is 29.1. The molecule has 5 heteroatoms. The zero-order valence-electron chi connectivity index (χ0n) is 15.5. The van der Waals surface area contributed by atoms with Gasteiger partial charge in [0.1, 0.15) is 17.3 Å². The molecule has 0 spiro atoms. The number of carbonyl (C=O) groups excluding carboxylic acids is 1. The number of amides is 1. The number of halogens is 2. The van der Waals surface area contributed by atoms with Crippen LogP contribution >= 0.6 is 0 Å². The summed E-state index contributed by atoms with van der Waals surface area (Å²) in [4.78, 5) is 12.8. The van der Waals surface area contributed by atoms with E-state index in [0.717, 1.165) is 35.7 Å². The van der Waals surface area contributed by atoms with E-state index in [2.05, 4.69) is 5.32 Å². The van der Waals surface area contributed by atoms with E-state index in [4.69, 9.17) is 0 Å². The van der Waals surface area contributed by atoms with Crippen LogP contribution in [0, 0.1) is 25.5 Å². The van der Waals surface area contributed by atoms with E-state index in [1.807, 2.05) is 39.2 Å². The van der Waals surface area contributed by atoms with E-state index in [1.54, 1.807) is 0 Å². The van der Waals surface area contributed by atoms with E-state index in [9.17, 15) is 13.6 Å². The van der Waals surface area contributed by atoms with Gasteiger partial charge in [0.2, 0.25) is 0 Å². The highest BCUT2D eigenvalue weighted by Gasteiger charge is 2.23. The maximum atomic E-state index is 14.1. The molecule has 0 aliphatic carbocycles. The number of hydrogen-bond donors (Lipinski definition) is 1. The van der Waals surface area contributed by atoms with Crippen molar-refractivity contribution in [3.8, 4) is 0 Å². The van der Waals surface area contributed by atoms with E-state index in [0.29, 0.717) is 11.3 Å². The molecular formula is C20H26F2N2O. The van der Waals surface area contributed by atoms with Crippen LogP contribution in [0.1, 0.15) is 60.1 Å². The maximum Gasteiger partial charge on any atom is 0.268 e. The molecule has 2 aromatic rings. The molecule has 3 nitrogen and oxygen atoms in total. The van der Waals surface area contributed by atoms with Gasteiger partial charge in [0, 0.05) is 23.4 Å². The quantitative estimate of drug-likeness (QED) is 0.818. The van der Waals surface area contributed by atoms with E-state index in [1.165, 1.54) is 12.1 Å². The van der Waals surface area contributed by atoms with Crippen LogP contribution < -0.4 is 5.32 Å². The molecule has 1 heterocycles. The second kappa shape index (κ2) is 7.81. The highest BCUT2D eigenvalue weighted by atomic mass is 19.1. The van der Waals surface area contributed by atoms with Gasteiger partial charge in [-0.2, -0.15) is 0 Å². The Bertz CT molecular complexity index is 780. The van der Waals surface area contributed by atoms with Gasteiger partial charge in [0.15, 0.2) is 0 Å². The number of carbonyl (C=O) groups is 1. The van der Waals surface area contributed by atoms with Crippen LogP contribution in [-0.2, 0) is 13.0 Å². The third kappa shape index (κ3) is 3.91. The predicted octanol–water partition coefficient (Wildman–Crippen LogP) is 4.52. The fourth-order valence-corrected chi connectivity index (χ4v) is 3.17. The first-order chi connectivity index (χ1) is 11.8. The number of nitrogens with zero attached hydrogens (tertiary/aromatic N) is 1. The van der Waals surface area contributed by atoms with Gasteiger partial charge in [-0.3, -0.25) is 4.79 Å². The van der Waals surface area contributed by atoms with Crippen LogP contribution in [0.5, 0.6) is 0 Å². The van der Waals surface area contributed by atoms with Gasteiger partial charge in [-0.25, -0.2) is 8.78 Å². The average molecular weight is 348 g/mol. The van der Waals surface area contributed by atoms with Gasteiger partial charge in [-0.1, -0.05) is 19.9 Å². The van der Waals surface area contributed by atoms with Crippen LogP contribution in [0.3, 0.4) is 0 Å². The molecule has 1 aromatic carbocycles. The smallest absolute Gasteiger partial charge is 0.268 e. The van der Waals surface area contributed by atoms with Crippen LogP contribution in [0.25, 0.3) is 0 Å². The van der Waals surface area contributed by atoms with Crippen LogP contribution in [-0.4, -0.2) is 16.5 Å². The lowest BCUT2D eigenvalue weighted by atomic mass is 10.1. The Morgan fingerprint density at radius 2 is 1.92 bits per heavy atom. The van der Waals surface area contributed by atoms with Crippen LogP contribution in [0.4, 0.5) is 8.78 Å². The molecule has 2 rings (SSSR count). The standard InChI is InChI=1S/C20H26F2N2O/c1-6-12(3)23-20(25)19-13(4)17(7-2)14(5)24(19)11-15-8-9-16(21)10-18(15)22/h8-10,12H,6-7,11H2,1-5H3,(H,23,25)/t12-/m0/s1. The minimum Gasteiger partial charge on any atom is -0.348 e. The fourth-order valence-electron chi connectivity index (χ4n) is 3.17. The van der Waals surface area contributed by atoms with Crippen molar-refractivity contribution in [2.24, 2.45) is 0 Å². The molecule has 0 aliphatic heterocycles. The van der Waals surface area contributed by atoms with Crippen LogP contribution in [0.15, 0.2) is 18.2 Å². The molecular weight excluding hydrogens is 322 g/mol. The molecule has 0 unspecified atom stereocenters. The van der Waals surface area contributed by atoms with Gasteiger partial charge in [-0.15, -0.1) is 0 Å². The Morgan fingerprint density at radius 1 is 1.24 bits per heavy atom. The lowest BCUT2D eigenvalue weighted by Crippen LogP contribution is -2.34. The SMILES string of the molecule is CCc1c(C)c(C(=O)N[C@@H](C)CC)n(Cc2ccc(F)cc2F)c1C. The van der Waals surface area contributed by atoms with Crippen molar-refractivity contribution in [3.05, 3.63) is 57.9 Å². The summed E-state index contributed by atoms with van der Waals surface area (Å²) in [5.41, 5.74) is 3.87. The second-order valence-electron chi connectivity index (χ2n) is 6.50. The Labute approximate surface area is 148 Å². The Kier molecular flexibility index (Phi) is 5.98. The Hall–Kier alpha value is -2.17. The molecule has 25 heavy (non-hydrogen) atoms. The van der Waals surface area contributed by atoms with Crippen molar-refractivity contribution in [1.29, 1.82) is 0 Å². The molecule has 0 saturated heterocycles. The second-order valence-corrected chi connectivity index (χ2v) is 6.50. The summed E-state index contributed by atoms with van der Waals surface area (Å²) in [5, 5.41) is 2.99. The first-order valence-electron chi connectivity index (χ1n) is 8.73. The number of nitrogens with one attached hydrogen (secondary N) is 1. The van der Waals surface area contributed by atoms with Gasteiger partial charge in [0.25, 0.3) is 5.91 Å². The molecule has 0 fully saturated rings. The highest BCUT2D eigenvalue weighted by Crippen LogP contribution is 2.25. The fraction of sp³-hybridized carbons (Fsp3) is 0.450. The number of aromatic nitrogens is 1. The molecule has 1 atom stereocenters. The average Bonchev–Trinajstić information content (AvgIpc) is 2.79. The third-order valence-electron chi connectivity index (χ3n) is 4.82. The van der Waals surface area contributed by atoms with Crippen molar-refractivity contribution in [1.82, 2.24) is 9.88 Å². The lowest BCUT2D eigenvalue weighted by molar-refractivity contribution is 0.0929. The largest absolute Gasteiger partial charge is 0.348 e. The van der Waals surface area contributed by atoms with Crippen molar-refractivity contribution < 1.29 is 13.6 Å². The van der Waals surface area contributed by atoms with Crippen molar-refractivity contribution in [2.75, 3.05) is 0 Å². The minimum atomic E-state index is -0.606. The molecule has 0 saturated carbocycles.